The Kier molecular flexibility index (Phi) is 11.5. The molecule has 0 saturated heterocycles. The normalized spacial score (nSPS) is 28.8. The van der Waals surface area contributed by atoms with Crippen molar-refractivity contribution in [2.45, 2.75) is 53.4 Å². The van der Waals surface area contributed by atoms with Crippen LogP contribution in [0.4, 0.5) is 0 Å². The Morgan fingerprint density at radius 2 is 1.33 bits per heavy atom. The molecular weight excluding hydrogens is 260 g/mol. The van der Waals surface area contributed by atoms with E-state index in [-0.39, 0.29) is 40.0 Å². The monoisotopic (exact) mass is 284 g/mol. The Bertz CT molecular complexity index is 133. The molecule has 15 heavy (non-hydrogen) atoms. The summed E-state index contributed by atoms with van der Waals surface area (Å²) in [5, 5.41) is 0. The molecule has 0 radical (unpaired) electrons. The molecule has 0 aromatic heterocycles. The molecule has 1 rings (SSSR count). The Balaban J connectivity index is 0. The average Bonchev–Trinajstić information content (AvgIpc) is 2.64. The molecule has 2 heteroatoms. The first-order valence-electron chi connectivity index (χ1n) is 6.04. The van der Waals surface area contributed by atoms with Gasteiger partial charge in [0.2, 0.25) is 0 Å². The van der Waals surface area contributed by atoms with Gasteiger partial charge < -0.3 is 23.4 Å². The first-order chi connectivity index (χ1) is 6.19. The molecule has 0 heterocycles. The van der Waals surface area contributed by atoms with Crippen molar-refractivity contribution < 1.29 is 17.0 Å². The quantitative estimate of drug-likeness (QED) is 0.533. The molecule has 0 aromatic carbocycles. The number of hydrogen-bond acceptors (Lipinski definition) is 0. The van der Waals surface area contributed by atoms with Gasteiger partial charge in [0.1, 0.15) is 0 Å². The molecule has 86 valence electrons. The van der Waals surface area contributed by atoms with Crippen molar-refractivity contribution in [1.29, 1.82) is 0 Å². The third-order valence-electron chi connectivity index (χ3n) is 4.08. The van der Waals surface area contributed by atoms with E-state index in [1.165, 1.54) is 25.7 Å². The van der Waals surface area contributed by atoms with E-state index in [4.69, 9.17) is 0 Å². The van der Waals surface area contributed by atoms with E-state index in [1.807, 2.05) is 0 Å². The van der Waals surface area contributed by atoms with E-state index >= 15 is 0 Å². The van der Waals surface area contributed by atoms with Crippen LogP contribution in [0.3, 0.4) is 0 Å². The van der Waals surface area contributed by atoms with Gasteiger partial charge in [-0.25, -0.2) is 0 Å². The van der Waals surface area contributed by atoms with Crippen LogP contribution < -0.4 is 17.0 Å². The SMILES string of the molecule is CCC(C)C1[CH-]C(C(C)CC)CC1.[Br-].[Mg+2]. The molecule has 1 aliphatic carbocycles. The molecule has 4 atom stereocenters. The molecular formula is C13H25BrMg. The van der Waals surface area contributed by atoms with Crippen LogP contribution in [0.25, 0.3) is 0 Å². The summed E-state index contributed by atoms with van der Waals surface area (Å²) >= 11 is 0. The van der Waals surface area contributed by atoms with Crippen LogP contribution in [-0.4, -0.2) is 23.1 Å². The number of halogens is 1. The summed E-state index contributed by atoms with van der Waals surface area (Å²) in [5.41, 5.74) is 0. The van der Waals surface area contributed by atoms with E-state index < -0.39 is 0 Å². The molecule has 0 spiro atoms. The molecule has 1 saturated carbocycles. The van der Waals surface area contributed by atoms with Gasteiger partial charge >= 0.3 is 23.1 Å². The molecule has 1 fully saturated rings. The number of rotatable bonds is 4. The Morgan fingerprint density at radius 3 is 1.60 bits per heavy atom. The molecule has 0 aliphatic heterocycles. The maximum atomic E-state index is 2.66. The predicted octanol–water partition coefficient (Wildman–Crippen LogP) is 0.932. The zero-order valence-electron chi connectivity index (χ0n) is 10.8. The minimum Gasteiger partial charge on any atom is -1.00 e. The van der Waals surface area contributed by atoms with Crippen LogP contribution in [0.5, 0.6) is 0 Å². The fraction of sp³-hybridized carbons (Fsp3) is 0.923. The van der Waals surface area contributed by atoms with E-state index in [1.54, 1.807) is 0 Å². The zero-order chi connectivity index (χ0) is 9.84. The summed E-state index contributed by atoms with van der Waals surface area (Å²) in [4.78, 5) is 0. The smallest absolute Gasteiger partial charge is 1.00 e. The van der Waals surface area contributed by atoms with Crippen molar-refractivity contribution in [2.75, 3.05) is 0 Å². The molecule has 0 aromatic rings. The van der Waals surface area contributed by atoms with Gasteiger partial charge in [0.05, 0.1) is 0 Å². The molecule has 4 unspecified atom stereocenters. The van der Waals surface area contributed by atoms with Crippen LogP contribution in [0, 0.1) is 30.1 Å². The van der Waals surface area contributed by atoms with Gasteiger partial charge in [-0.15, -0.1) is 0 Å². The summed E-state index contributed by atoms with van der Waals surface area (Å²) in [6.07, 6.45) is 8.24. The van der Waals surface area contributed by atoms with Crippen LogP contribution in [0.2, 0.25) is 0 Å². The first kappa shape index (κ1) is 18.6. The largest absolute Gasteiger partial charge is 2.00 e. The molecule has 0 N–H and O–H groups in total. The van der Waals surface area contributed by atoms with Crippen LogP contribution >= 0.6 is 0 Å². The standard InChI is InChI=1S/C13H25.BrH.Mg/c1-5-10(3)12-7-8-13(9-12)11(4)6-2;;/h9-13H,5-8H2,1-4H3;1H;/q-1;;+2/p-1. The van der Waals surface area contributed by atoms with Gasteiger partial charge in [-0.05, 0) is 0 Å². The fourth-order valence-corrected chi connectivity index (χ4v) is 2.45. The van der Waals surface area contributed by atoms with E-state index in [0.717, 1.165) is 23.7 Å². The van der Waals surface area contributed by atoms with Crippen LogP contribution in [-0.2, 0) is 0 Å². The van der Waals surface area contributed by atoms with Gasteiger partial charge in [-0.1, -0.05) is 65.2 Å². The maximum absolute atomic E-state index is 2.66. The Morgan fingerprint density at radius 1 is 1.00 bits per heavy atom. The second-order valence-electron chi connectivity index (χ2n) is 4.87. The topological polar surface area (TPSA) is 0 Å². The van der Waals surface area contributed by atoms with Gasteiger partial charge in [0.15, 0.2) is 0 Å². The van der Waals surface area contributed by atoms with Crippen molar-refractivity contribution in [3.05, 3.63) is 6.42 Å². The Labute approximate surface area is 123 Å². The average molecular weight is 286 g/mol. The summed E-state index contributed by atoms with van der Waals surface area (Å²) in [5.74, 6) is 3.66. The van der Waals surface area contributed by atoms with Gasteiger partial charge in [-0.3, -0.25) is 0 Å². The van der Waals surface area contributed by atoms with Crippen LogP contribution in [0.15, 0.2) is 0 Å². The minimum absolute atomic E-state index is 0. The predicted molar refractivity (Wildman–Crippen MR) is 65.2 cm³/mol. The van der Waals surface area contributed by atoms with Gasteiger partial charge in [0.25, 0.3) is 0 Å². The van der Waals surface area contributed by atoms with Gasteiger partial charge in [0, 0.05) is 0 Å². The van der Waals surface area contributed by atoms with Crippen molar-refractivity contribution in [2.24, 2.45) is 23.7 Å². The minimum atomic E-state index is 0. The number of hydrogen-bond donors (Lipinski definition) is 0. The second-order valence-corrected chi connectivity index (χ2v) is 4.87. The third-order valence-corrected chi connectivity index (χ3v) is 4.08. The summed E-state index contributed by atoms with van der Waals surface area (Å²) in [7, 11) is 0. The van der Waals surface area contributed by atoms with Crippen molar-refractivity contribution in [3.63, 3.8) is 0 Å². The Hall–Kier alpha value is 1.25. The van der Waals surface area contributed by atoms with Crippen molar-refractivity contribution >= 4 is 23.1 Å². The first-order valence-corrected chi connectivity index (χ1v) is 6.04. The molecule has 1 aliphatic rings. The van der Waals surface area contributed by atoms with E-state index in [9.17, 15) is 0 Å². The summed E-state index contributed by atoms with van der Waals surface area (Å²) in [6.45, 7) is 9.44. The summed E-state index contributed by atoms with van der Waals surface area (Å²) in [6, 6.07) is 0. The third kappa shape index (κ3) is 5.41. The zero-order valence-corrected chi connectivity index (χ0v) is 13.8. The van der Waals surface area contributed by atoms with Crippen LogP contribution in [0.1, 0.15) is 53.4 Å². The summed E-state index contributed by atoms with van der Waals surface area (Å²) < 4.78 is 0. The second kappa shape index (κ2) is 9.29. The fourth-order valence-electron chi connectivity index (χ4n) is 2.45. The van der Waals surface area contributed by atoms with E-state index in [0.29, 0.717) is 0 Å². The maximum Gasteiger partial charge on any atom is 2.00 e. The van der Waals surface area contributed by atoms with E-state index in [2.05, 4.69) is 34.1 Å². The van der Waals surface area contributed by atoms with Gasteiger partial charge in [-0.2, -0.15) is 11.8 Å². The molecule has 0 nitrogen and oxygen atoms in total. The molecule has 0 bridgehead atoms. The molecule has 0 amide bonds. The van der Waals surface area contributed by atoms with Crippen molar-refractivity contribution in [3.8, 4) is 0 Å². The van der Waals surface area contributed by atoms with Crippen molar-refractivity contribution in [1.82, 2.24) is 0 Å².